The van der Waals surface area contributed by atoms with Crippen LogP contribution >= 0.6 is 15.9 Å². The van der Waals surface area contributed by atoms with Gasteiger partial charge in [-0.2, -0.15) is 0 Å². The molecule has 1 atom stereocenters. The molecule has 0 spiro atoms. The van der Waals surface area contributed by atoms with E-state index in [1.165, 1.54) is 4.90 Å². The molecule has 0 aliphatic carbocycles. The topological polar surface area (TPSA) is 92.5 Å². The quantitative estimate of drug-likeness (QED) is 0.845. The van der Waals surface area contributed by atoms with Gasteiger partial charge in [-0.3, -0.25) is 0 Å². The molecular weight excluding hydrogens is 334 g/mol. The van der Waals surface area contributed by atoms with Crippen molar-refractivity contribution in [3.63, 3.8) is 0 Å². The lowest BCUT2D eigenvalue weighted by Gasteiger charge is -2.17. The highest BCUT2D eigenvalue weighted by Crippen LogP contribution is 2.18. The summed E-state index contributed by atoms with van der Waals surface area (Å²) < 4.78 is 23.3. The number of carbonyl (C=O) groups is 1. The molecule has 1 aliphatic rings. The molecule has 1 saturated heterocycles. The van der Waals surface area contributed by atoms with Crippen molar-refractivity contribution in [2.75, 3.05) is 18.4 Å². The molecule has 1 aromatic carbocycles. The summed E-state index contributed by atoms with van der Waals surface area (Å²) in [5, 5.41) is 7.13. The van der Waals surface area contributed by atoms with Gasteiger partial charge < -0.3 is 10.2 Å². The van der Waals surface area contributed by atoms with E-state index in [1.54, 1.807) is 12.1 Å². The summed E-state index contributed by atoms with van der Waals surface area (Å²) in [6.07, 6.45) is 0.382. The Morgan fingerprint density at radius 1 is 1.37 bits per heavy atom. The van der Waals surface area contributed by atoms with Gasteiger partial charge in [0.15, 0.2) is 0 Å². The number of amides is 2. The second kappa shape index (κ2) is 5.48. The number of hydrogen-bond acceptors (Lipinski definition) is 3. The summed E-state index contributed by atoms with van der Waals surface area (Å²) in [5.41, 5.74) is 0.659. The minimum atomic E-state index is -3.58. The number of urea groups is 1. The van der Waals surface area contributed by atoms with Crippen molar-refractivity contribution in [1.29, 1.82) is 0 Å². The fourth-order valence-electron chi connectivity index (χ4n) is 1.92. The summed E-state index contributed by atoms with van der Waals surface area (Å²) in [4.78, 5) is 13.4. The van der Waals surface area contributed by atoms with Crippen molar-refractivity contribution in [2.24, 2.45) is 5.14 Å². The highest BCUT2D eigenvalue weighted by Gasteiger charge is 2.33. The van der Waals surface area contributed by atoms with E-state index in [2.05, 4.69) is 21.2 Å². The largest absolute Gasteiger partial charge is 0.323 e. The van der Waals surface area contributed by atoms with Crippen molar-refractivity contribution in [1.82, 2.24) is 4.90 Å². The third-order valence-corrected chi connectivity index (χ3v) is 4.84. The van der Waals surface area contributed by atoms with Gasteiger partial charge in [-0.05, 0) is 30.7 Å². The highest BCUT2D eigenvalue weighted by molar-refractivity contribution is 9.10. The fraction of sp³-hybridized carbons (Fsp3) is 0.364. The maximum atomic E-state index is 11.9. The number of carbonyl (C=O) groups excluding carboxylic acids is 1. The molecule has 6 nitrogen and oxygen atoms in total. The van der Waals surface area contributed by atoms with E-state index in [0.29, 0.717) is 18.7 Å². The molecule has 2 rings (SSSR count). The van der Waals surface area contributed by atoms with Gasteiger partial charge in [0, 0.05) is 23.2 Å². The summed E-state index contributed by atoms with van der Waals surface area (Å²) in [7, 11) is -3.58. The van der Waals surface area contributed by atoms with Gasteiger partial charge in [-0.15, -0.1) is 0 Å². The van der Waals surface area contributed by atoms with E-state index in [-0.39, 0.29) is 12.6 Å². The maximum Gasteiger partial charge on any atom is 0.321 e. The van der Waals surface area contributed by atoms with Gasteiger partial charge in [0.25, 0.3) is 0 Å². The van der Waals surface area contributed by atoms with Crippen LogP contribution in [0.4, 0.5) is 10.5 Å². The van der Waals surface area contributed by atoms with Crippen LogP contribution in [0.3, 0.4) is 0 Å². The molecule has 19 heavy (non-hydrogen) atoms. The maximum absolute atomic E-state index is 11.9. The molecular formula is C11H14BrN3O3S. The average molecular weight is 348 g/mol. The van der Waals surface area contributed by atoms with Gasteiger partial charge in [0.1, 0.15) is 0 Å². The molecule has 0 bridgehead atoms. The van der Waals surface area contributed by atoms with E-state index in [4.69, 9.17) is 5.14 Å². The molecule has 8 heteroatoms. The number of likely N-dealkylation sites (tertiary alicyclic amines) is 1. The number of hydrogen-bond donors (Lipinski definition) is 2. The predicted molar refractivity (Wildman–Crippen MR) is 76.2 cm³/mol. The lowest BCUT2D eigenvalue weighted by Crippen LogP contribution is -2.36. The molecule has 0 aromatic heterocycles. The van der Waals surface area contributed by atoms with Crippen molar-refractivity contribution < 1.29 is 13.2 Å². The lowest BCUT2D eigenvalue weighted by atomic mass is 10.3. The van der Waals surface area contributed by atoms with E-state index >= 15 is 0 Å². The first-order chi connectivity index (χ1) is 8.86. The zero-order valence-electron chi connectivity index (χ0n) is 10.0. The number of anilines is 1. The normalized spacial score (nSPS) is 19.5. The molecule has 1 aliphatic heterocycles. The van der Waals surface area contributed by atoms with E-state index in [1.807, 2.05) is 12.1 Å². The number of nitrogens with two attached hydrogens (primary N) is 1. The van der Waals surface area contributed by atoms with E-state index < -0.39 is 15.3 Å². The number of benzene rings is 1. The Kier molecular flexibility index (Phi) is 4.12. The van der Waals surface area contributed by atoms with Crippen LogP contribution in [0, 0.1) is 0 Å². The Balaban J connectivity index is 1.97. The molecule has 1 heterocycles. The van der Waals surface area contributed by atoms with Crippen LogP contribution in [0.25, 0.3) is 0 Å². The van der Waals surface area contributed by atoms with Crippen molar-refractivity contribution in [3.8, 4) is 0 Å². The van der Waals surface area contributed by atoms with Crippen LogP contribution in [0.15, 0.2) is 28.7 Å². The number of primary sulfonamides is 1. The Morgan fingerprint density at radius 3 is 2.53 bits per heavy atom. The van der Waals surface area contributed by atoms with Crippen molar-refractivity contribution in [2.45, 2.75) is 11.7 Å². The van der Waals surface area contributed by atoms with E-state index in [9.17, 15) is 13.2 Å². The van der Waals surface area contributed by atoms with Gasteiger partial charge in [-0.25, -0.2) is 18.4 Å². The van der Waals surface area contributed by atoms with Crippen LogP contribution in [0.2, 0.25) is 0 Å². The van der Waals surface area contributed by atoms with Gasteiger partial charge in [0.05, 0.1) is 5.25 Å². The SMILES string of the molecule is NS(=O)(=O)[C@@H]1CCN(C(=O)Nc2ccc(Br)cc2)C1. The van der Waals surface area contributed by atoms with Gasteiger partial charge >= 0.3 is 6.03 Å². The van der Waals surface area contributed by atoms with Crippen LogP contribution in [-0.2, 0) is 10.0 Å². The van der Waals surface area contributed by atoms with Crippen LogP contribution in [0.1, 0.15) is 6.42 Å². The Hall–Kier alpha value is -1.12. The van der Waals surface area contributed by atoms with Crippen molar-refractivity contribution >= 4 is 37.7 Å². The molecule has 0 unspecified atom stereocenters. The second-order valence-corrected chi connectivity index (χ2v) is 7.14. The summed E-state index contributed by atoms with van der Waals surface area (Å²) in [6, 6.07) is 6.83. The molecule has 104 valence electrons. The smallest absolute Gasteiger partial charge is 0.321 e. The van der Waals surface area contributed by atoms with E-state index in [0.717, 1.165) is 4.47 Å². The summed E-state index contributed by atoms with van der Waals surface area (Å²) in [6.45, 7) is 0.532. The number of halogens is 1. The third-order valence-electron chi connectivity index (χ3n) is 2.99. The van der Waals surface area contributed by atoms with Crippen molar-refractivity contribution in [3.05, 3.63) is 28.7 Å². The number of sulfonamides is 1. The first kappa shape index (κ1) is 14.3. The first-order valence-corrected chi connectivity index (χ1v) is 8.09. The molecule has 3 N–H and O–H groups in total. The van der Waals surface area contributed by atoms with Crippen LogP contribution in [-0.4, -0.2) is 37.7 Å². The minimum Gasteiger partial charge on any atom is -0.323 e. The molecule has 0 radical (unpaired) electrons. The zero-order valence-corrected chi connectivity index (χ0v) is 12.4. The Bertz CT molecular complexity index is 573. The highest BCUT2D eigenvalue weighted by atomic mass is 79.9. The first-order valence-electron chi connectivity index (χ1n) is 5.69. The Labute approximate surface area is 120 Å². The van der Waals surface area contributed by atoms with Gasteiger partial charge in [0.2, 0.25) is 10.0 Å². The summed E-state index contributed by atoms with van der Waals surface area (Å²) >= 11 is 3.30. The minimum absolute atomic E-state index is 0.140. The van der Waals surface area contributed by atoms with Crippen LogP contribution < -0.4 is 10.5 Å². The number of nitrogens with zero attached hydrogens (tertiary/aromatic N) is 1. The molecule has 1 aromatic rings. The van der Waals surface area contributed by atoms with Crippen LogP contribution in [0.5, 0.6) is 0 Å². The average Bonchev–Trinajstić information content (AvgIpc) is 2.81. The summed E-state index contributed by atoms with van der Waals surface area (Å²) in [5.74, 6) is 0. The predicted octanol–water partition coefficient (Wildman–Crippen LogP) is 1.34. The lowest BCUT2D eigenvalue weighted by molar-refractivity contribution is 0.222. The number of nitrogens with one attached hydrogen (secondary N) is 1. The zero-order chi connectivity index (χ0) is 14.0. The standard InChI is InChI=1S/C11H14BrN3O3S/c12-8-1-3-9(4-2-8)14-11(16)15-6-5-10(7-15)19(13,17)18/h1-4,10H,5-7H2,(H,14,16)(H2,13,17,18)/t10-/m1/s1. The third kappa shape index (κ3) is 3.68. The molecule has 0 saturated carbocycles. The Morgan fingerprint density at radius 2 is 2.00 bits per heavy atom. The molecule has 2 amide bonds. The second-order valence-electron chi connectivity index (χ2n) is 4.38. The monoisotopic (exact) mass is 347 g/mol. The molecule has 1 fully saturated rings. The fourth-order valence-corrected chi connectivity index (χ4v) is 3.00. The van der Waals surface area contributed by atoms with Gasteiger partial charge in [-0.1, -0.05) is 15.9 Å². The number of rotatable bonds is 2.